The molecule has 14 heavy (non-hydrogen) atoms. The molecule has 2 aromatic rings. The van der Waals surface area contributed by atoms with Crippen molar-refractivity contribution in [3.05, 3.63) is 39.8 Å². The van der Waals surface area contributed by atoms with Gasteiger partial charge in [-0.1, -0.05) is 0 Å². The van der Waals surface area contributed by atoms with E-state index in [1.165, 1.54) is 22.0 Å². The van der Waals surface area contributed by atoms with E-state index in [9.17, 15) is 0 Å². The van der Waals surface area contributed by atoms with Gasteiger partial charge in [-0.2, -0.15) is 0 Å². The third-order valence-corrected chi connectivity index (χ3v) is 3.35. The number of aromatic nitrogens is 1. The van der Waals surface area contributed by atoms with Crippen LogP contribution >= 0.6 is 11.3 Å². The normalized spacial score (nSPS) is 10.8. The van der Waals surface area contributed by atoms with Crippen LogP contribution in [0.3, 0.4) is 0 Å². The van der Waals surface area contributed by atoms with Crippen LogP contribution in [0.5, 0.6) is 0 Å². The Labute approximate surface area is 88.0 Å². The minimum Gasteiger partial charge on any atom is -0.326 e. The zero-order chi connectivity index (χ0) is 10.1. The number of nitrogens with zero attached hydrogens (tertiary/aromatic N) is 1. The highest BCUT2D eigenvalue weighted by atomic mass is 32.1. The van der Waals surface area contributed by atoms with E-state index < -0.39 is 0 Å². The lowest BCUT2D eigenvalue weighted by Gasteiger charge is -2.09. The first-order valence-corrected chi connectivity index (χ1v) is 5.53. The minimum atomic E-state index is 0.615. The first-order valence-electron chi connectivity index (χ1n) is 4.66. The lowest BCUT2D eigenvalue weighted by atomic mass is 10.3. The van der Waals surface area contributed by atoms with Crippen LogP contribution in [-0.2, 0) is 6.54 Å². The van der Waals surface area contributed by atoms with Crippen molar-refractivity contribution < 1.29 is 0 Å². The van der Waals surface area contributed by atoms with Crippen molar-refractivity contribution in [1.29, 1.82) is 0 Å². The van der Waals surface area contributed by atoms with Gasteiger partial charge in [-0.15, -0.1) is 11.3 Å². The minimum absolute atomic E-state index is 0.615. The van der Waals surface area contributed by atoms with Crippen LogP contribution in [0.1, 0.15) is 16.3 Å². The highest BCUT2D eigenvalue weighted by Gasteiger charge is 2.08. The predicted octanol–water partition coefficient (Wildman–Crippen LogP) is 2.61. The molecule has 0 aromatic carbocycles. The average molecular weight is 206 g/mol. The molecule has 2 N–H and O–H groups in total. The predicted molar refractivity (Wildman–Crippen MR) is 61.0 cm³/mol. The Morgan fingerprint density at radius 3 is 2.43 bits per heavy atom. The fraction of sp³-hybridized carbons (Fsp3) is 0.273. The van der Waals surface area contributed by atoms with Crippen molar-refractivity contribution in [3.8, 4) is 5.69 Å². The van der Waals surface area contributed by atoms with E-state index in [0.29, 0.717) is 6.54 Å². The maximum atomic E-state index is 5.70. The van der Waals surface area contributed by atoms with Crippen molar-refractivity contribution in [2.75, 3.05) is 0 Å². The van der Waals surface area contributed by atoms with Crippen molar-refractivity contribution in [3.63, 3.8) is 0 Å². The lowest BCUT2D eigenvalue weighted by Crippen LogP contribution is -2.03. The van der Waals surface area contributed by atoms with Crippen molar-refractivity contribution in [2.24, 2.45) is 5.73 Å². The van der Waals surface area contributed by atoms with Crippen LogP contribution in [-0.4, -0.2) is 4.57 Å². The zero-order valence-corrected chi connectivity index (χ0v) is 9.27. The second-order valence-electron chi connectivity index (χ2n) is 3.38. The number of thiophene rings is 1. The molecule has 0 atom stereocenters. The largest absolute Gasteiger partial charge is 0.326 e. The smallest absolute Gasteiger partial charge is 0.0607 e. The quantitative estimate of drug-likeness (QED) is 0.804. The van der Waals surface area contributed by atoms with Crippen LogP contribution < -0.4 is 5.73 Å². The third-order valence-electron chi connectivity index (χ3n) is 2.42. The van der Waals surface area contributed by atoms with Gasteiger partial charge in [-0.05, 0) is 37.4 Å². The molecule has 0 aliphatic heterocycles. The standard InChI is InChI=1S/C11H14N2S/c1-8-3-4-9(2)13(8)10-5-6-14-11(10)7-12/h3-6H,7,12H2,1-2H3. The number of hydrogen-bond acceptors (Lipinski definition) is 2. The second kappa shape index (κ2) is 3.59. The summed E-state index contributed by atoms with van der Waals surface area (Å²) in [5.41, 5.74) is 9.45. The molecule has 2 heterocycles. The summed E-state index contributed by atoms with van der Waals surface area (Å²) < 4.78 is 2.25. The molecule has 0 aliphatic carbocycles. The number of rotatable bonds is 2. The summed E-state index contributed by atoms with van der Waals surface area (Å²) in [6.07, 6.45) is 0. The Hall–Kier alpha value is -1.06. The lowest BCUT2D eigenvalue weighted by molar-refractivity contribution is 0.944. The van der Waals surface area contributed by atoms with Gasteiger partial charge < -0.3 is 10.3 Å². The summed E-state index contributed by atoms with van der Waals surface area (Å²) in [5.74, 6) is 0. The molecule has 0 fully saturated rings. The second-order valence-corrected chi connectivity index (χ2v) is 4.39. The third kappa shape index (κ3) is 1.38. The molecular weight excluding hydrogens is 192 g/mol. The molecule has 0 spiro atoms. The van der Waals surface area contributed by atoms with Gasteiger partial charge in [0.1, 0.15) is 0 Å². The van der Waals surface area contributed by atoms with E-state index in [4.69, 9.17) is 5.73 Å². The molecule has 0 radical (unpaired) electrons. The van der Waals surface area contributed by atoms with Gasteiger partial charge >= 0.3 is 0 Å². The average Bonchev–Trinajstić information content (AvgIpc) is 2.73. The summed E-state index contributed by atoms with van der Waals surface area (Å²) >= 11 is 1.72. The molecule has 74 valence electrons. The molecule has 0 unspecified atom stereocenters. The number of aryl methyl sites for hydroxylation is 2. The molecule has 2 aromatic heterocycles. The van der Waals surface area contributed by atoms with Crippen molar-refractivity contribution in [1.82, 2.24) is 4.57 Å². The molecule has 0 aliphatic rings. The topological polar surface area (TPSA) is 30.9 Å². The Morgan fingerprint density at radius 2 is 1.86 bits per heavy atom. The van der Waals surface area contributed by atoms with Crippen LogP contribution in [0.25, 0.3) is 5.69 Å². The van der Waals surface area contributed by atoms with Crippen LogP contribution in [0, 0.1) is 13.8 Å². The van der Waals surface area contributed by atoms with Gasteiger partial charge in [0, 0.05) is 22.8 Å². The van der Waals surface area contributed by atoms with E-state index in [0.717, 1.165) is 0 Å². The first kappa shape index (κ1) is 9.49. The molecule has 0 saturated heterocycles. The summed E-state index contributed by atoms with van der Waals surface area (Å²) in [6, 6.07) is 6.40. The van der Waals surface area contributed by atoms with Gasteiger partial charge in [0.15, 0.2) is 0 Å². The van der Waals surface area contributed by atoms with Crippen LogP contribution in [0.2, 0.25) is 0 Å². The summed E-state index contributed by atoms with van der Waals surface area (Å²) in [4.78, 5) is 1.24. The molecule has 2 rings (SSSR count). The molecule has 0 amide bonds. The maximum absolute atomic E-state index is 5.70. The maximum Gasteiger partial charge on any atom is 0.0607 e. The Morgan fingerprint density at radius 1 is 1.21 bits per heavy atom. The van der Waals surface area contributed by atoms with Gasteiger partial charge in [-0.3, -0.25) is 0 Å². The van der Waals surface area contributed by atoms with E-state index in [1.807, 2.05) is 0 Å². The van der Waals surface area contributed by atoms with Crippen LogP contribution in [0.4, 0.5) is 0 Å². The molecule has 0 saturated carbocycles. The van der Waals surface area contributed by atoms with E-state index in [1.54, 1.807) is 11.3 Å². The highest BCUT2D eigenvalue weighted by molar-refractivity contribution is 7.10. The van der Waals surface area contributed by atoms with E-state index in [2.05, 4.69) is 42.0 Å². The van der Waals surface area contributed by atoms with Crippen molar-refractivity contribution >= 4 is 11.3 Å². The number of nitrogens with two attached hydrogens (primary N) is 1. The SMILES string of the molecule is Cc1ccc(C)n1-c1ccsc1CN. The Balaban J connectivity index is 2.59. The number of hydrogen-bond donors (Lipinski definition) is 1. The van der Waals surface area contributed by atoms with E-state index >= 15 is 0 Å². The van der Waals surface area contributed by atoms with Crippen molar-refractivity contribution in [2.45, 2.75) is 20.4 Å². The molecule has 3 heteroatoms. The summed E-state index contributed by atoms with van der Waals surface area (Å²) in [5, 5.41) is 2.09. The first-order chi connectivity index (χ1) is 6.74. The zero-order valence-electron chi connectivity index (χ0n) is 8.45. The van der Waals surface area contributed by atoms with Gasteiger partial charge in [-0.25, -0.2) is 0 Å². The van der Waals surface area contributed by atoms with Gasteiger partial charge in [0.05, 0.1) is 5.69 Å². The highest BCUT2D eigenvalue weighted by Crippen LogP contribution is 2.24. The fourth-order valence-corrected chi connectivity index (χ4v) is 2.47. The Kier molecular flexibility index (Phi) is 2.44. The van der Waals surface area contributed by atoms with Crippen LogP contribution in [0.15, 0.2) is 23.6 Å². The van der Waals surface area contributed by atoms with Gasteiger partial charge in [0.2, 0.25) is 0 Å². The van der Waals surface area contributed by atoms with E-state index in [-0.39, 0.29) is 0 Å². The molecule has 0 bridgehead atoms. The molecular formula is C11H14N2S. The Bertz CT molecular complexity index is 420. The summed E-state index contributed by atoms with van der Waals surface area (Å²) in [7, 11) is 0. The van der Waals surface area contributed by atoms with Gasteiger partial charge in [0.25, 0.3) is 0 Å². The monoisotopic (exact) mass is 206 g/mol. The summed E-state index contributed by atoms with van der Waals surface area (Å²) in [6.45, 7) is 4.85. The fourth-order valence-electron chi connectivity index (χ4n) is 1.73. The molecule has 2 nitrogen and oxygen atoms in total.